The summed E-state index contributed by atoms with van der Waals surface area (Å²) in [6, 6.07) is 66.7. The molecule has 3 atom stereocenters. The van der Waals surface area contributed by atoms with Crippen LogP contribution >= 0.6 is 86.3 Å². The molecule has 3 unspecified atom stereocenters. The highest BCUT2D eigenvalue weighted by atomic mass is 127. The highest BCUT2D eigenvalue weighted by molar-refractivity contribution is 14.1. The zero-order valence-corrected chi connectivity index (χ0v) is 52.9. The number of halogens is 5. The number of aryl methyl sites for hydroxylation is 4. The minimum atomic E-state index is -1.24. The summed E-state index contributed by atoms with van der Waals surface area (Å²) in [7, 11) is 0. The van der Waals surface area contributed by atoms with E-state index in [4.69, 9.17) is 24.0 Å². The largest absolute Gasteiger partial charge is 0.400 e. The van der Waals surface area contributed by atoms with Crippen LogP contribution < -0.4 is 28.9 Å². The van der Waals surface area contributed by atoms with Gasteiger partial charge in [-0.3, -0.25) is 0 Å². The van der Waals surface area contributed by atoms with Crippen LogP contribution in [-0.2, 0) is 52.5 Å². The van der Waals surface area contributed by atoms with Crippen molar-refractivity contribution < 1.29 is 25.2 Å². The van der Waals surface area contributed by atoms with E-state index < -0.39 is 33.2 Å². The molecule has 400 valence electrons. The molecule has 0 aromatic heterocycles. The van der Waals surface area contributed by atoms with Crippen molar-refractivity contribution >= 4 is 148 Å². The Labute approximate surface area is 511 Å². The van der Waals surface area contributed by atoms with E-state index in [1.54, 1.807) is 0 Å². The molecule has 9 nitrogen and oxygen atoms in total. The van der Waals surface area contributed by atoms with Crippen LogP contribution in [0.25, 0.3) is 22.3 Å². The van der Waals surface area contributed by atoms with E-state index in [1.807, 2.05) is 122 Å². The Morgan fingerprint density at radius 2 is 0.692 bits per heavy atom. The van der Waals surface area contributed by atoms with Crippen molar-refractivity contribution in [2.24, 2.45) is 0 Å². The van der Waals surface area contributed by atoms with Gasteiger partial charge in [-0.1, -0.05) is 124 Å². The SMILES string of the molecule is Brc1ccc(I)cc1.Cc1ccc2c(c1)OS(=O)CC2.Nc1ccc(-c2ccc3c(c2)OS(=O)CC3)cc1.Nc1ccc(Br)cc1.O=S1CCc2ccc(-c3ccc(N(c4ccc(Br)cc4)c4ccc(Br)cc4)cc3)cc2O1. The Morgan fingerprint density at radius 3 is 1.06 bits per heavy atom. The normalized spacial score (nSPS) is 15.4. The van der Waals surface area contributed by atoms with E-state index in [9.17, 15) is 12.6 Å². The number of nitrogen functional groups attached to an aromatic ring is 2. The lowest BCUT2D eigenvalue weighted by molar-refractivity contribution is 0.543. The van der Waals surface area contributed by atoms with Crippen molar-refractivity contribution in [1.82, 2.24) is 0 Å². The van der Waals surface area contributed by atoms with Crippen molar-refractivity contribution in [3.8, 4) is 39.5 Å². The van der Waals surface area contributed by atoms with Gasteiger partial charge in [-0.2, -0.15) is 0 Å². The minimum absolute atomic E-state index is 0.559. The second-order valence-electron chi connectivity index (χ2n) is 17.7. The van der Waals surface area contributed by atoms with E-state index in [0.29, 0.717) is 17.3 Å². The van der Waals surface area contributed by atoms with Gasteiger partial charge < -0.3 is 28.9 Å². The predicted molar refractivity (Wildman–Crippen MR) is 347 cm³/mol. The summed E-state index contributed by atoms with van der Waals surface area (Å²) in [6.07, 6.45) is 2.46. The van der Waals surface area contributed by atoms with Gasteiger partial charge >= 0.3 is 0 Å². The van der Waals surface area contributed by atoms with Crippen molar-refractivity contribution in [1.29, 1.82) is 0 Å². The smallest absolute Gasteiger partial charge is 0.206 e. The molecule has 0 fully saturated rings. The van der Waals surface area contributed by atoms with Gasteiger partial charge in [0.1, 0.15) is 17.2 Å². The summed E-state index contributed by atoms with van der Waals surface area (Å²) in [5.74, 6) is 4.00. The van der Waals surface area contributed by atoms with Gasteiger partial charge in [0.2, 0.25) is 33.2 Å². The number of rotatable bonds is 5. The molecule has 9 aromatic rings. The Kier molecular flexibility index (Phi) is 21.8. The zero-order valence-electron chi connectivity index (χ0n) is 42.0. The molecule has 0 aliphatic carbocycles. The molecule has 0 saturated carbocycles. The summed E-state index contributed by atoms with van der Waals surface area (Å²) in [5, 5.41) is 0. The lowest BCUT2D eigenvalue weighted by Crippen LogP contribution is -2.14. The maximum Gasteiger partial charge on any atom is 0.206 e. The number of benzene rings is 9. The van der Waals surface area contributed by atoms with E-state index >= 15 is 0 Å². The number of anilines is 5. The molecule has 3 heterocycles. The van der Waals surface area contributed by atoms with Crippen LogP contribution in [0.5, 0.6) is 17.2 Å². The summed E-state index contributed by atoms with van der Waals surface area (Å²) in [6.45, 7) is 2.00. The molecule has 0 amide bonds. The molecular weight excluding hydrogens is 1410 g/mol. The molecule has 12 rings (SSSR count). The molecule has 0 bridgehead atoms. The Hall–Kier alpha value is -5.12. The Morgan fingerprint density at radius 1 is 0.397 bits per heavy atom. The summed E-state index contributed by atoms with van der Waals surface area (Å²) >= 11 is 12.4. The number of fused-ring (bicyclic) bond motifs is 3. The molecule has 0 saturated heterocycles. The zero-order chi connectivity index (χ0) is 55.1. The number of nitrogens with zero attached hydrogens (tertiary/aromatic N) is 1. The third kappa shape index (κ3) is 17.4. The molecule has 9 aromatic carbocycles. The van der Waals surface area contributed by atoms with E-state index in [1.165, 1.54) is 9.13 Å². The monoisotopic (exact) mass is 1460 g/mol. The molecule has 3 aliphatic heterocycles. The lowest BCUT2D eigenvalue weighted by Gasteiger charge is -2.26. The van der Waals surface area contributed by atoms with Crippen LogP contribution in [0, 0.1) is 10.5 Å². The van der Waals surface area contributed by atoms with Crippen LogP contribution in [-0.4, -0.2) is 29.9 Å². The second kappa shape index (κ2) is 28.9. The minimum Gasteiger partial charge on any atom is -0.400 e. The van der Waals surface area contributed by atoms with Crippen LogP contribution in [0.4, 0.5) is 28.4 Å². The van der Waals surface area contributed by atoms with E-state index in [-0.39, 0.29) is 0 Å². The first-order valence-electron chi connectivity index (χ1n) is 24.4. The van der Waals surface area contributed by atoms with Crippen molar-refractivity contribution in [2.45, 2.75) is 26.2 Å². The third-order valence-electron chi connectivity index (χ3n) is 12.1. The molecule has 17 heteroatoms. The Bertz CT molecular complexity index is 3400. The van der Waals surface area contributed by atoms with E-state index in [0.717, 1.165) is 122 Å². The molecular formula is C61H52Br4IN3O6S3. The fraction of sp³-hybridized carbons (Fsp3) is 0.115. The molecule has 0 spiro atoms. The maximum atomic E-state index is 11.8. The van der Waals surface area contributed by atoms with Gasteiger partial charge in [0.25, 0.3) is 0 Å². The van der Waals surface area contributed by atoms with Gasteiger partial charge in [0, 0.05) is 49.9 Å². The first-order valence-corrected chi connectivity index (χ1v) is 32.4. The average Bonchev–Trinajstić information content (AvgIpc) is 3.46. The third-order valence-corrected chi connectivity index (χ3v) is 17.6. The first-order chi connectivity index (χ1) is 37.6. The van der Waals surface area contributed by atoms with E-state index in [2.05, 4.69) is 176 Å². The first kappa shape index (κ1) is 59.0. The van der Waals surface area contributed by atoms with Gasteiger partial charge in [-0.15, -0.1) is 0 Å². The van der Waals surface area contributed by atoms with Crippen molar-refractivity contribution in [3.05, 3.63) is 244 Å². The quantitative estimate of drug-likeness (QED) is 0.128. The van der Waals surface area contributed by atoms with Crippen molar-refractivity contribution in [3.63, 3.8) is 0 Å². The highest BCUT2D eigenvalue weighted by Gasteiger charge is 2.19. The topological polar surface area (TPSA) is 134 Å². The lowest BCUT2D eigenvalue weighted by atomic mass is 10.0. The van der Waals surface area contributed by atoms with Crippen LogP contribution in [0.3, 0.4) is 0 Å². The predicted octanol–water partition coefficient (Wildman–Crippen LogP) is 17.2. The van der Waals surface area contributed by atoms with Crippen molar-refractivity contribution in [2.75, 3.05) is 33.6 Å². The second-order valence-corrected chi connectivity index (χ2v) is 26.2. The summed E-state index contributed by atoms with van der Waals surface area (Å²) < 4.78 is 55.9. The summed E-state index contributed by atoms with van der Waals surface area (Å²) in [5.41, 5.74) is 24.6. The average molecular weight is 1470 g/mol. The van der Waals surface area contributed by atoms with Gasteiger partial charge in [-0.05, 0) is 233 Å². The summed E-state index contributed by atoms with van der Waals surface area (Å²) in [4.78, 5) is 2.22. The van der Waals surface area contributed by atoms with Gasteiger partial charge in [0.05, 0.1) is 17.3 Å². The molecule has 78 heavy (non-hydrogen) atoms. The standard InChI is InChI=1S/C26H19Br2NO2S.C14H13NO2S.C9H10O2S.C6H4BrI.C6H6BrN/c27-21-5-11-24(12-6-21)29(25-13-7-22(28)8-14-25)23-9-3-18(4-10-23)20-2-1-19-15-16-32(30)31-26(19)17-20;15-13-5-3-10(4-6-13)12-2-1-11-7-8-18(16)17-14(11)9-12;1-7-2-3-8-4-5-12(10)11-9(8)6-7;2*7-5-1-3-6(8)4-2-5/h1-14,17H,15-16H2;1-6,9H,7-8,15H2;2-3,6H,4-5H2,1H3;1-4H;1-4H,8H2. The van der Waals surface area contributed by atoms with Gasteiger partial charge in [0.15, 0.2) is 0 Å². The van der Waals surface area contributed by atoms with Crippen LogP contribution in [0.15, 0.2) is 218 Å². The van der Waals surface area contributed by atoms with Crippen LogP contribution in [0.1, 0.15) is 22.3 Å². The highest BCUT2D eigenvalue weighted by Crippen LogP contribution is 2.38. The fourth-order valence-corrected chi connectivity index (χ4v) is 11.9. The molecule has 0 radical (unpaired) electrons. The Balaban J connectivity index is 0.000000146. The maximum absolute atomic E-state index is 11.8. The number of nitrogens with two attached hydrogens (primary N) is 2. The fourth-order valence-electron chi connectivity index (χ4n) is 7.99. The number of hydrogen-bond acceptors (Lipinski definition) is 9. The molecule has 4 N–H and O–H groups in total. The molecule has 3 aliphatic rings. The van der Waals surface area contributed by atoms with Crippen LogP contribution in [0.2, 0.25) is 0 Å². The van der Waals surface area contributed by atoms with Gasteiger partial charge in [-0.25, -0.2) is 12.6 Å². The number of hydrogen-bond donors (Lipinski definition) is 2.